The van der Waals surface area contributed by atoms with Gasteiger partial charge in [0.15, 0.2) is 0 Å². The lowest BCUT2D eigenvalue weighted by atomic mass is 10.1. The Morgan fingerprint density at radius 2 is 1.71 bits per heavy atom. The Labute approximate surface area is 119 Å². The highest BCUT2D eigenvalue weighted by Crippen LogP contribution is 2.15. The highest BCUT2D eigenvalue weighted by molar-refractivity contribution is 5.97. The van der Waals surface area contributed by atoms with E-state index in [0.717, 1.165) is 18.2 Å². The topological polar surface area (TPSA) is 72.2 Å². The van der Waals surface area contributed by atoms with Gasteiger partial charge in [0, 0.05) is 0 Å². The molecule has 1 atom stereocenters. The molecule has 0 aliphatic carbocycles. The summed E-state index contributed by atoms with van der Waals surface area (Å²) in [7, 11) is 0. The molecule has 0 fully saturated rings. The molecule has 2 rings (SSSR count). The molecule has 1 unspecified atom stereocenters. The monoisotopic (exact) mass is 290 g/mol. The summed E-state index contributed by atoms with van der Waals surface area (Å²) in [6.07, 6.45) is 0. The maximum absolute atomic E-state index is 13.5. The largest absolute Gasteiger partial charge is 0.368 e. The van der Waals surface area contributed by atoms with Crippen molar-refractivity contribution in [2.45, 2.75) is 6.04 Å². The van der Waals surface area contributed by atoms with E-state index in [1.807, 2.05) is 0 Å². The van der Waals surface area contributed by atoms with Gasteiger partial charge in [0.05, 0.1) is 5.56 Å². The van der Waals surface area contributed by atoms with Gasteiger partial charge in [-0.3, -0.25) is 9.59 Å². The molecule has 0 saturated heterocycles. The van der Waals surface area contributed by atoms with E-state index in [9.17, 15) is 18.4 Å². The molecule has 0 saturated carbocycles. The van der Waals surface area contributed by atoms with Crippen LogP contribution in [0.25, 0.3) is 0 Å². The van der Waals surface area contributed by atoms with Crippen LogP contribution in [0.5, 0.6) is 0 Å². The fraction of sp³-hybridized carbons (Fsp3) is 0.0667. The van der Waals surface area contributed by atoms with E-state index >= 15 is 0 Å². The Balaban J connectivity index is 2.27. The second-order valence-electron chi connectivity index (χ2n) is 4.34. The summed E-state index contributed by atoms with van der Waals surface area (Å²) < 4.78 is 26.6. The first-order chi connectivity index (χ1) is 9.99. The molecular weight excluding hydrogens is 278 g/mol. The van der Waals surface area contributed by atoms with Gasteiger partial charge in [-0.25, -0.2) is 8.78 Å². The lowest BCUT2D eigenvalue weighted by molar-refractivity contribution is -0.120. The summed E-state index contributed by atoms with van der Waals surface area (Å²) >= 11 is 0. The summed E-state index contributed by atoms with van der Waals surface area (Å²) in [5.74, 6) is -3.35. The number of hydrogen-bond acceptors (Lipinski definition) is 2. The minimum Gasteiger partial charge on any atom is -0.368 e. The predicted molar refractivity (Wildman–Crippen MR) is 72.2 cm³/mol. The molecule has 2 aromatic rings. The van der Waals surface area contributed by atoms with Crippen LogP contribution in [0.2, 0.25) is 0 Å². The SMILES string of the molecule is NC(=O)C(NC(=O)c1cc(F)ccc1F)c1ccccc1. The Morgan fingerprint density at radius 1 is 1.05 bits per heavy atom. The van der Waals surface area contributed by atoms with Crippen LogP contribution in [0.4, 0.5) is 8.78 Å². The van der Waals surface area contributed by atoms with Crippen molar-refractivity contribution in [3.05, 3.63) is 71.3 Å². The molecule has 0 aromatic heterocycles. The molecule has 0 radical (unpaired) electrons. The van der Waals surface area contributed by atoms with Gasteiger partial charge in [0.2, 0.25) is 5.91 Å². The van der Waals surface area contributed by atoms with Crippen molar-refractivity contribution in [2.24, 2.45) is 5.73 Å². The van der Waals surface area contributed by atoms with Crippen molar-refractivity contribution < 1.29 is 18.4 Å². The van der Waals surface area contributed by atoms with Crippen molar-refractivity contribution >= 4 is 11.8 Å². The third-order valence-corrected chi connectivity index (χ3v) is 2.87. The van der Waals surface area contributed by atoms with Gasteiger partial charge in [-0.1, -0.05) is 30.3 Å². The third-order valence-electron chi connectivity index (χ3n) is 2.87. The zero-order chi connectivity index (χ0) is 15.4. The van der Waals surface area contributed by atoms with Crippen molar-refractivity contribution in [3.8, 4) is 0 Å². The fourth-order valence-electron chi connectivity index (χ4n) is 1.84. The number of hydrogen-bond donors (Lipinski definition) is 2. The van der Waals surface area contributed by atoms with Gasteiger partial charge >= 0.3 is 0 Å². The lowest BCUT2D eigenvalue weighted by Gasteiger charge is -2.16. The average Bonchev–Trinajstić information content (AvgIpc) is 2.47. The summed E-state index contributed by atoms with van der Waals surface area (Å²) in [5, 5.41) is 2.30. The Bertz CT molecular complexity index is 675. The van der Waals surface area contributed by atoms with Gasteiger partial charge < -0.3 is 11.1 Å². The second kappa shape index (κ2) is 6.13. The number of carbonyl (C=O) groups excluding carboxylic acids is 2. The number of nitrogens with two attached hydrogens (primary N) is 1. The first-order valence-electron chi connectivity index (χ1n) is 6.09. The van der Waals surface area contributed by atoms with E-state index in [2.05, 4.69) is 5.32 Å². The standard InChI is InChI=1S/C15H12F2N2O2/c16-10-6-7-12(17)11(8-10)15(21)19-13(14(18)20)9-4-2-1-3-5-9/h1-8,13H,(H2,18,20)(H,19,21). The van der Waals surface area contributed by atoms with Crippen molar-refractivity contribution in [2.75, 3.05) is 0 Å². The van der Waals surface area contributed by atoms with Gasteiger partial charge in [-0.2, -0.15) is 0 Å². The van der Waals surface area contributed by atoms with E-state index in [1.54, 1.807) is 30.3 Å². The van der Waals surface area contributed by atoms with Crippen LogP contribution in [0.15, 0.2) is 48.5 Å². The quantitative estimate of drug-likeness (QED) is 0.903. The van der Waals surface area contributed by atoms with Crippen LogP contribution < -0.4 is 11.1 Å². The molecule has 0 aliphatic rings. The smallest absolute Gasteiger partial charge is 0.255 e. The summed E-state index contributed by atoms with van der Waals surface area (Å²) in [4.78, 5) is 23.4. The molecule has 21 heavy (non-hydrogen) atoms. The van der Waals surface area contributed by atoms with Gasteiger partial charge in [-0.15, -0.1) is 0 Å². The van der Waals surface area contributed by atoms with Crippen LogP contribution in [0, 0.1) is 11.6 Å². The van der Waals surface area contributed by atoms with Crippen molar-refractivity contribution in [1.29, 1.82) is 0 Å². The Kier molecular flexibility index (Phi) is 4.27. The molecule has 3 N–H and O–H groups in total. The maximum atomic E-state index is 13.5. The lowest BCUT2D eigenvalue weighted by Crippen LogP contribution is -2.37. The summed E-state index contributed by atoms with van der Waals surface area (Å²) in [6, 6.07) is 9.63. The van der Waals surface area contributed by atoms with Crippen molar-refractivity contribution in [3.63, 3.8) is 0 Å². The number of amides is 2. The molecular formula is C15H12F2N2O2. The normalized spacial score (nSPS) is 11.7. The molecule has 0 heterocycles. The molecule has 0 spiro atoms. The number of benzene rings is 2. The van der Waals surface area contributed by atoms with E-state index in [-0.39, 0.29) is 0 Å². The minimum atomic E-state index is -1.12. The number of rotatable bonds is 4. The van der Waals surface area contributed by atoms with Crippen LogP contribution in [0.3, 0.4) is 0 Å². The second-order valence-corrected chi connectivity index (χ2v) is 4.34. The molecule has 4 nitrogen and oxygen atoms in total. The summed E-state index contributed by atoms with van der Waals surface area (Å²) in [6.45, 7) is 0. The van der Waals surface area contributed by atoms with E-state index in [4.69, 9.17) is 5.73 Å². The van der Waals surface area contributed by atoms with Gasteiger partial charge in [-0.05, 0) is 23.8 Å². The van der Waals surface area contributed by atoms with Crippen LogP contribution >= 0.6 is 0 Å². The third kappa shape index (κ3) is 3.42. The highest BCUT2D eigenvalue weighted by Gasteiger charge is 2.22. The molecule has 6 heteroatoms. The molecule has 0 aliphatic heterocycles. The maximum Gasteiger partial charge on any atom is 0.255 e. The average molecular weight is 290 g/mol. The number of halogens is 2. The van der Waals surface area contributed by atoms with Crippen LogP contribution in [0.1, 0.15) is 22.0 Å². The predicted octanol–water partition coefficient (Wildman–Crippen LogP) is 1.92. The van der Waals surface area contributed by atoms with Gasteiger partial charge in [0.1, 0.15) is 17.7 Å². The van der Waals surface area contributed by atoms with Crippen molar-refractivity contribution in [1.82, 2.24) is 5.32 Å². The number of nitrogens with one attached hydrogen (secondary N) is 1. The number of carbonyl (C=O) groups is 2. The molecule has 2 amide bonds. The fourth-order valence-corrected chi connectivity index (χ4v) is 1.84. The summed E-state index contributed by atoms with van der Waals surface area (Å²) in [5.41, 5.74) is 5.21. The zero-order valence-corrected chi connectivity index (χ0v) is 10.8. The molecule has 2 aromatic carbocycles. The zero-order valence-electron chi connectivity index (χ0n) is 10.8. The first kappa shape index (κ1) is 14.6. The molecule has 0 bridgehead atoms. The minimum absolute atomic E-state index is 0.454. The first-order valence-corrected chi connectivity index (χ1v) is 6.09. The van der Waals surface area contributed by atoms with E-state index < -0.39 is 35.1 Å². The van der Waals surface area contributed by atoms with E-state index in [0.29, 0.717) is 5.56 Å². The highest BCUT2D eigenvalue weighted by atomic mass is 19.1. The van der Waals surface area contributed by atoms with E-state index in [1.165, 1.54) is 0 Å². The van der Waals surface area contributed by atoms with Crippen LogP contribution in [-0.2, 0) is 4.79 Å². The molecule has 108 valence electrons. The Hall–Kier alpha value is -2.76. The van der Waals surface area contributed by atoms with Gasteiger partial charge in [0.25, 0.3) is 5.91 Å². The number of primary amides is 1. The Morgan fingerprint density at radius 3 is 2.33 bits per heavy atom. The van der Waals surface area contributed by atoms with Crippen LogP contribution in [-0.4, -0.2) is 11.8 Å².